The quantitative estimate of drug-likeness (QED) is 0.425. The minimum absolute atomic E-state index is 0.00190. The lowest BCUT2D eigenvalue weighted by atomic mass is 10.0. The Morgan fingerprint density at radius 2 is 2.04 bits per heavy atom. The van der Waals surface area contributed by atoms with E-state index in [0.29, 0.717) is 5.57 Å². The highest BCUT2D eigenvalue weighted by molar-refractivity contribution is 7.92. The summed E-state index contributed by atoms with van der Waals surface area (Å²) < 4.78 is 35.1. The van der Waals surface area contributed by atoms with Crippen molar-refractivity contribution in [3.05, 3.63) is 23.9 Å². The molecule has 128 valence electrons. The molecule has 0 aromatic rings. The summed E-state index contributed by atoms with van der Waals surface area (Å²) in [4.78, 5) is 25.7. The van der Waals surface area contributed by atoms with Gasteiger partial charge in [0, 0.05) is 7.11 Å². The summed E-state index contributed by atoms with van der Waals surface area (Å²) in [6.07, 6.45) is 0.595. The maximum atomic E-state index is 12.5. The number of hydrogen-bond donors (Lipinski definition) is 0. The molecular formula is C15H21NO6S. The van der Waals surface area contributed by atoms with Crippen LogP contribution in [0, 0.1) is 0 Å². The molecule has 2 aliphatic heterocycles. The van der Waals surface area contributed by atoms with Gasteiger partial charge in [-0.15, -0.1) is 6.58 Å². The van der Waals surface area contributed by atoms with Gasteiger partial charge in [0.15, 0.2) is 21.3 Å². The smallest absolute Gasteiger partial charge is 0.355 e. The van der Waals surface area contributed by atoms with E-state index in [9.17, 15) is 18.0 Å². The van der Waals surface area contributed by atoms with E-state index in [0.717, 1.165) is 4.90 Å². The van der Waals surface area contributed by atoms with Crippen LogP contribution in [-0.2, 0) is 28.9 Å². The SMILES string of the molecule is C=CCC1=C(C(=O)OC(C)(C)C)N2C(=O)[C@H](OC)C2S(=O)(=O)C1. The van der Waals surface area contributed by atoms with Crippen molar-refractivity contribution in [1.82, 2.24) is 4.90 Å². The fourth-order valence-electron chi connectivity index (χ4n) is 2.71. The number of rotatable bonds is 4. The Bertz CT molecular complexity index is 685. The Hall–Kier alpha value is -1.67. The van der Waals surface area contributed by atoms with Crippen molar-refractivity contribution in [2.24, 2.45) is 0 Å². The van der Waals surface area contributed by atoms with E-state index in [-0.39, 0.29) is 17.9 Å². The summed E-state index contributed by atoms with van der Waals surface area (Å²) in [5.74, 6) is -1.58. The van der Waals surface area contributed by atoms with Gasteiger partial charge in [0.2, 0.25) is 0 Å². The van der Waals surface area contributed by atoms with Crippen molar-refractivity contribution in [2.45, 2.75) is 44.3 Å². The first kappa shape index (κ1) is 17.7. The second-order valence-electron chi connectivity index (χ2n) is 6.51. The van der Waals surface area contributed by atoms with Crippen molar-refractivity contribution in [3.8, 4) is 0 Å². The van der Waals surface area contributed by atoms with Crippen LogP contribution in [0.2, 0.25) is 0 Å². The van der Waals surface area contributed by atoms with Crippen molar-refractivity contribution in [1.29, 1.82) is 0 Å². The molecule has 7 nitrogen and oxygen atoms in total. The lowest BCUT2D eigenvalue weighted by Crippen LogP contribution is -2.70. The molecule has 0 aliphatic carbocycles. The molecule has 1 amide bonds. The maximum Gasteiger partial charge on any atom is 0.355 e. The number of amides is 1. The van der Waals surface area contributed by atoms with E-state index >= 15 is 0 Å². The highest BCUT2D eigenvalue weighted by Crippen LogP contribution is 2.39. The first-order valence-electron chi connectivity index (χ1n) is 7.17. The molecule has 0 aromatic carbocycles. The summed E-state index contributed by atoms with van der Waals surface area (Å²) in [6.45, 7) is 8.67. The standard InChI is InChI=1S/C15H21NO6S/c1-6-7-9-8-23(19,20)13-11(21-5)12(17)16(13)10(9)14(18)22-15(2,3)4/h6,11,13H,1,7-8H2,2-5H3/t11-,13?/m0/s1. The monoisotopic (exact) mass is 343 g/mol. The Labute approximate surface area is 135 Å². The maximum absolute atomic E-state index is 12.5. The summed E-state index contributed by atoms with van der Waals surface area (Å²) in [5.41, 5.74) is -0.449. The molecule has 0 aromatic heterocycles. The fraction of sp³-hybridized carbons (Fsp3) is 0.600. The predicted molar refractivity (Wildman–Crippen MR) is 82.9 cm³/mol. The Morgan fingerprint density at radius 1 is 1.43 bits per heavy atom. The van der Waals surface area contributed by atoms with Crippen molar-refractivity contribution < 1.29 is 27.5 Å². The Morgan fingerprint density at radius 3 is 2.52 bits per heavy atom. The van der Waals surface area contributed by atoms with E-state index < -0.39 is 38.8 Å². The number of methoxy groups -OCH3 is 1. The first-order chi connectivity index (χ1) is 10.5. The van der Waals surface area contributed by atoms with Gasteiger partial charge in [0.05, 0.1) is 5.75 Å². The minimum Gasteiger partial charge on any atom is -0.455 e. The zero-order valence-electron chi connectivity index (χ0n) is 13.7. The van der Waals surface area contributed by atoms with Crippen molar-refractivity contribution in [2.75, 3.05) is 12.9 Å². The fourth-order valence-corrected chi connectivity index (χ4v) is 4.75. The number of allylic oxidation sites excluding steroid dienone is 1. The molecule has 2 atom stereocenters. The van der Waals surface area contributed by atoms with Crippen LogP contribution < -0.4 is 0 Å². The van der Waals surface area contributed by atoms with E-state index in [1.54, 1.807) is 20.8 Å². The molecule has 1 saturated heterocycles. The van der Waals surface area contributed by atoms with Gasteiger partial charge in [-0.25, -0.2) is 13.2 Å². The zero-order valence-corrected chi connectivity index (χ0v) is 14.5. The molecule has 0 spiro atoms. The first-order valence-corrected chi connectivity index (χ1v) is 8.88. The second-order valence-corrected chi connectivity index (χ2v) is 8.61. The van der Waals surface area contributed by atoms with E-state index in [2.05, 4.69) is 6.58 Å². The van der Waals surface area contributed by atoms with Gasteiger partial charge >= 0.3 is 5.97 Å². The lowest BCUT2D eigenvalue weighted by molar-refractivity contribution is -0.167. The van der Waals surface area contributed by atoms with Crippen LogP contribution in [-0.4, -0.2) is 55.1 Å². The van der Waals surface area contributed by atoms with Gasteiger partial charge in [-0.1, -0.05) is 6.08 Å². The molecule has 0 saturated carbocycles. The van der Waals surface area contributed by atoms with Gasteiger partial charge in [-0.2, -0.15) is 0 Å². The molecule has 23 heavy (non-hydrogen) atoms. The molecular weight excluding hydrogens is 322 g/mol. The van der Waals surface area contributed by atoms with Crippen LogP contribution in [0.4, 0.5) is 0 Å². The molecule has 2 heterocycles. The number of carbonyl (C=O) groups excluding carboxylic acids is 2. The van der Waals surface area contributed by atoms with E-state index in [1.165, 1.54) is 13.2 Å². The van der Waals surface area contributed by atoms with Crippen molar-refractivity contribution >= 4 is 21.7 Å². The summed E-state index contributed by atoms with van der Waals surface area (Å²) in [6, 6.07) is 0. The van der Waals surface area contributed by atoms with Crippen LogP contribution in [0.1, 0.15) is 27.2 Å². The lowest BCUT2D eigenvalue weighted by Gasteiger charge is -2.48. The van der Waals surface area contributed by atoms with E-state index in [1.807, 2.05) is 0 Å². The second kappa shape index (κ2) is 5.76. The molecule has 0 radical (unpaired) electrons. The molecule has 1 unspecified atom stereocenters. The van der Waals surface area contributed by atoms with E-state index in [4.69, 9.17) is 9.47 Å². The van der Waals surface area contributed by atoms with Crippen LogP contribution in [0.5, 0.6) is 0 Å². The third-order valence-corrected chi connectivity index (χ3v) is 5.50. The van der Waals surface area contributed by atoms with Gasteiger partial charge in [-0.05, 0) is 32.8 Å². The average molecular weight is 343 g/mol. The van der Waals surface area contributed by atoms with Crippen molar-refractivity contribution in [3.63, 3.8) is 0 Å². The normalized spacial score (nSPS) is 26.4. The van der Waals surface area contributed by atoms with Crippen LogP contribution in [0.15, 0.2) is 23.9 Å². The number of sulfone groups is 1. The van der Waals surface area contributed by atoms with Crippen LogP contribution in [0.3, 0.4) is 0 Å². The zero-order chi connectivity index (χ0) is 17.6. The van der Waals surface area contributed by atoms with Gasteiger partial charge < -0.3 is 9.47 Å². The molecule has 1 fully saturated rings. The number of ether oxygens (including phenoxy) is 2. The molecule has 2 rings (SSSR count). The summed E-state index contributed by atoms with van der Waals surface area (Å²) in [7, 11) is -2.36. The number of carbonyl (C=O) groups is 2. The van der Waals surface area contributed by atoms with Gasteiger partial charge in [0.1, 0.15) is 11.3 Å². The largest absolute Gasteiger partial charge is 0.455 e. The summed E-state index contributed by atoms with van der Waals surface area (Å²) >= 11 is 0. The van der Waals surface area contributed by atoms with Gasteiger partial charge in [-0.3, -0.25) is 9.69 Å². The van der Waals surface area contributed by atoms with Crippen LogP contribution >= 0.6 is 0 Å². The Kier molecular flexibility index (Phi) is 4.42. The minimum atomic E-state index is -3.63. The number of fused-ring (bicyclic) bond motifs is 1. The average Bonchev–Trinajstić information content (AvgIpc) is 2.37. The number of hydrogen-bond acceptors (Lipinski definition) is 6. The van der Waals surface area contributed by atoms with Gasteiger partial charge in [0.25, 0.3) is 5.91 Å². The highest BCUT2D eigenvalue weighted by atomic mass is 32.2. The third kappa shape index (κ3) is 3.05. The van der Waals surface area contributed by atoms with Crippen LogP contribution in [0.25, 0.3) is 0 Å². The molecule has 0 bridgehead atoms. The number of nitrogens with zero attached hydrogens (tertiary/aromatic N) is 1. The number of β-lactam (4-membered cyclic amide) rings is 1. The third-order valence-electron chi connectivity index (χ3n) is 3.55. The molecule has 8 heteroatoms. The number of esters is 1. The molecule has 2 aliphatic rings. The Balaban J connectivity index is 2.51. The predicted octanol–water partition coefficient (Wildman–Crippen LogP) is 0.770. The summed E-state index contributed by atoms with van der Waals surface area (Å²) in [5, 5.41) is -1.17. The highest BCUT2D eigenvalue weighted by Gasteiger charge is 2.60. The topological polar surface area (TPSA) is 90.0 Å². The molecule has 0 N–H and O–H groups in total.